The van der Waals surface area contributed by atoms with Crippen molar-refractivity contribution >= 4 is 28.5 Å². The molecule has 0 radical (unpaired) electrons. The van der Waals surface area contributed by atoms with Gasteiger partial charge in [0.25, 0.3) is 0 Å². The molecule has 0 unspecified atom stereocenters. The molecule has 0 saturated heterocycles. The number of aryl methyl sites for hydroxylation is 1. The minimum absolute atomic E-state index is 0.957. The van der Waals surface area contributed by atoms with Gasteiger partial charge in [-0.15, -0.1) is 0 Å². The predicted molar refractivity (Wildman–Crippen MR) is 98.0 cm³/mol. The SMILES string of the molecule is CCN(CC)CCNc1c(C)ccc2cccnc12.O=C(O)C(=O)O. The summed E-state index contributed by atoms with van der Waals surface area (Å²) in [5.74, 6) is -3.65. The van der Waals surface area contributed by atoms with Gasteiger partial charge in [-0.2, -0.15) is 0 Å². The quantitative estimate of drug-likeness (QED) is 0.690. The molecule has 1 aromatic heterocycles. The Morgan fingerprint density at radius 2 is 1.76 bits per heavy atom. The third-order valence-corrected chi connectivity index (χ3v) is 3.79. The van der Waals surface area contributed by atoms with Gasteiger partial charge in [-0.25, -0.2) is 9.59 Å². The number of carboxylic acids is 2. The smallest absolute Gasteiger partial charge is 0.414 e. The number of carboxylic acid groups (broad SMARTS) is 2. The van der Waals surface area contributed by atoms with Crippen molar-refractivity contribution < 1.29 is 19.8 Å². The summed E-state index contributed by atoms with van der Waals surface area (Å²) in [4.78, 5) is 25.1. The first-order valence-corrected chi connectivity index (χ1v) is 8.17. The van der Waals surface area contributed by atoms with Crippen molar-refractivity contribution in [3.05, 3.63) is 36.0 Å². The highest BCUT2D eigenvalue weighted by atomic mass is 16.4. The van der Waals surface area contributed by atoms with E-state index in [1.54, 1.807) is 0 Å². The maximum Gasteiger partial charge on any atom is 0.414 e. The van der Waals surface area contributed by atoms with Crippen LogP contribution in [0.15, 0.2) is 30.5 Å². The van der Waals surface area contributed by atoms with Gasteiger partial charge in [-0.3, -0.25) is 4.98 Å². The largest absolute Gasteiger partial charge is 0.473 e. The number of hydrogen-bond acceptors (Lipinski definition) is 5. The van der Waals surface area contributed by atoms with Crippen molar-refractivity contribution in [2.75, 3.05) is 31.5 Å². The van der Waals surface area contributed by atoms with Crippen molar-refractivity contribution in [2.45, 2.75) is 20.8 Å². The van der Waals surface area contributed by atoms with Gasteiger partial charge in [0.2, 0.25) is 0 Å². The number of aromatic nitrogens is 1. The monoisotopic (exact) mass is 347 g/mol. The highest BCUT2D eigenvalue weighted by molar-refractivity contribution is 6.27. The molecule has 1 aromatic carbocycles. The summed E-state index contributed by atoms with van der Waals surface area (Å²) in [6.07, 6.45) is 1.86. The number of nitrogens with one attached hydrogen (secondary N) is 1. The number of benzene rings is 1. The summed E-state index contributed by atoms with van der Waals surface area (Å²) in [6, 6.07) is 8.38. The van der Waals surface area contributed by atoms with Gasteiger partial charge in [0.05, 0.1) is 11.2 Å². The standard InChI is InChI=1S/C16H23N3.C2H2O4/c1-4-19(5-2)12-11-18-15-13(3)8-9-14-7-6-10-17-16(14)15;3-1(4)2(5)6/h6-10,18H,4-5,11-12H2,1-3H3;(H,3,4)(H,5,6). The van der Waals surface area contributed by atoms with Gasteiger partial charge in [-0.05, 0) is 31.6 Å². The number of fused-ring (bicyclic) bond motifs is 1. The lowest BCUT2D eigenvalue weighted by Crippen LogP contribution is -2.28. The second-order valence-corrected chi connectivity index (χ2v) is 5.40. The molecule has 2 rings (SSSR count). The molecule has 136 valence electrons. The van der Waals surface area contributed by atoms with Crippen LogP contribution in [0.3, 0.4) is 0 Å². The van der Waals surface area contributed by atoms with E-state index in [0.717, 1.165) is 31.7 Å². The van der Waals surface area contributed by atoms with Gasteiger partial charge in [0.15, 0.2) is 0 Å². The van der Waals surface area contributed by atoms with E-state index in [1.165, 1.54) is 16.6 Å². The maximum atomic E-state index is 9.10. The molecule has 7 nitrogen and oxygen atoms in total. The van der Waals surface area contributed by atoms with Crippen LogP contribution in [0.4, 0.5) is 5.69 Å². The Morgan fingerprint density at radius 3 is 2.32 bits per heavy atom. The molecule has 1 heterocycles. The van der Waals surface area contributed by atoms with E-state index >= 15 is 0 Å². The van der Waals surface area contributed by atoms with Crippen molar-refractivity contribution in [3.63, 3.8) is 0 Å². The highest BCUT2D eigenvalue weighted by Crippen LogP contribution is 2.24. The molecular formula is C18H25N3O4. The van der Waals surface area contributed by atoms with E-state index in [2.05, 4.69) is 54.2 Å². The van der Waals surface area contributed by atoms with Gasteiger partial charge >= 0.3 is 11.9 Å². The molecule has 0 aliphatic heterocycles. The van der Waals surface area contributed by atoms with Crippen LogP contribution in [0.1, 0.15) is 19.4 Å². The summed E-state index contributed by atoms with van der Waals surface area (Å²) < 4.78 is 0. The van der Waals surface area contributed by atoms with Crippen LogP contribution in [-0.2, 0) is 9.59 Å². The molecule has 2 aromatic rings. The summed E-state index contributed by atoms with van der Waals surface area (Å²) >= 11 is 0. The molecular weight excluding hydrogens is 322 g/mol. The Balaban J connectivity index is 0.000000450. The Morgan fingerprint density at radius 1 is 1.12 bits per heavy atom. The number of carbonyl (C=O) groups is 2. The van der Waals surface area contributed by atoms with Crippen molar-refractivity contribution in [2.24, 2.45) is 0 Å². The number of aliphatic carboxylic acids is 2. The molecule has 3 N–H and O–H groups in total. The fourth-order valence-corrected chi connectivity index (χ4v) is 2.35. The zero-order chi connectivity index (χ0) is 18.8. The van der Waals surface area contributed by atoms with Crippen LogP contribution in [0.25, 0.3) is 10.9 Å². The minimum Gasteiger partial charge on any atom is -0.473 e. The van der Waals surface area contributed by atoms with Crippen molar-refractivity contribution in [1.29, 1.82) is 0 Å². The van der Waals surface area contributed by atoms with Crippen LogP contribution in [0.2, 0.25) is 0 Å². The summed E-state index contributed by atoms with van der Waals surface area (Å²) in [5.41, 5.74) is 3.50. The number of pyridine rings is 1. The van der Waals surface area contributed by atoms with Crippen LogP contribution in [-0.4, -0.2) is 58.2 Å². The third-order valence-electron chi connectivity index (χ3n) is 3.79. The van der Waals surface area contributed by atoms with Crippen molar-refractivity contribution in [3.8, 4) is 0 Å². The van der Waals surface area contributed by atoms with Crippen LogP contribution < -0.4 is 5.32 Å². The first-order valence-electron chi connectivity index (χ1n) is 8.17. The highest BCUT2D eigenvalue weighted by Gasteiger charge is 2.06. The molecule has 0 aliphatic rings. The van der Waals surface area contributed by atoms with E-state index in [4.69, 9.17) is 19.8 Å². The molecule has 0 amide bonds. The third kappa shape index (κ3) is 6.39. The molecule has 0 atom stereocenters. The second kappa shape index (κ2) is 10.2. The number of nitrogens with zero attached hydrogens (tertiary/aromatic N) is 2. The lowest BCUT2D eigenvalue weighted by Gasteiger charge is -2.19. The van der Waals surface area contributed by atoms with E-state index in [-0.39, 0.29) is 0 Å². The molecule has 25 heavy (non-hydrogen) atoms. The lowest BCUT2D eigenvalue weighted by atomic mass is 10.1. The number of hydrogen-bond donors (Lipinski definition) is 3. The first-order chi connectivity index (χ1) is 11.9. The molecule has 0 fully saturated rings. The van der Waals surface area contributed by atoms with Gasteiger partial charge in [0, 0.05) is 24.7 Å². The topological polar surface area (TPSA) is 103 Å². The molecule has 0 bridgehead atoms. The van der Waals surface area contributed by atoms with E-state index in [0.29, 0.717) is 0 Å². The summed E-state index contributed by atoms with van der Waals surface area (Å²) in [7, 11) is 0. The Labute approximate surface area is 147 Å². The molecule has 0 spiro atoms. The fourth-order valence-electron chi connectivity index (χ4n) is 2.35. The average molecular weight is 347 g/mol. The molecule has 0 aliphatic carbocycles. The summed E-state index contributed by atoms with van der Waals surface area (Å²) in [6.45, 7) is 10.8. The van der Waals surface area contributed by atoms with E-state index in [1.807, 2.05) is 12.3 Å². The average Bonchev–Trinajstić information content (AvgIpc) is 2.61. The Hall–Kier alpha value is -2.67. The number of rotatable bonds is 6. The predicted octanol–water partition coefficient (Wildman–Crippen LogP) is 2.45. The zero-order valence-electron chi connectivity index (χ0n) is 14.8. The summed E-state index contributed by atoms with van der Waals surface area (Å²) in [5, 5.41) is 19.5. The second-order valence-electron chi connectivity index (χ2n) is 5.40. The normalized spacial score (nSPS) is 10.2. The van der Waals surface area contributed by atoms with Gasteiger partial charge in [0.1, 0.15) is 0 Å². The van der Waals surface area contributed by atoms with Crippen LogP contribution in [0.5, 0.6) is 0 Å². The molecule has 7 heteroatoms. The first kappa shape index (κ1) is 20.4. The van der Waals surface area contributed by atoms with Crippen molar-refractivity contribution in [1.82, 2.24) is 9.88 Å². The fraction of sp³-hybridized carbons (Fsp3) is 0.389. The minimum atomic E-state index is -1.82. The Bertz CT molecular complexity index is 703. The lowest BCUT2D eigenvalue weighted by molar-refractivity contribution is -0.159. The van der Waals surface area contributed by atoms with Crippen LogP contribution in [0, 0.1) is 6.92 Å². The van der Waals surface area contributed by atoms with Crippen LogP contribution >= 0.6 is 0 Å². The number of likely N-dealkylation sites (N-methyl/N-ethyl adjacent to an activating group) is 1. The Kier molecular flexibility index (Phi) is 8.35. The van der Waals surface area contributed by atoms with Gasteiger partial charge in [-0.1, -0.05) is 32.0 Å². The maximum absolute atomic E-state index is 9.10. The van der Waals surface area contributed by atoms with E-state index in [9.17, 15) is 0 Å². The molecule has 0 saturated carbocycles. The van der Waals surface area contributed by atoms with Gasteiger partial charge < -0.3 is 20.4 Å². The number of anilines is 1. The zero-order valence-corrected chi connectivity index (χ0v) is 14.8. The van der Waals surface area contributed by atoms with E-state index < -0.39 is 11.9 Å².